The number of carboxylic acids is 1. The molecule has 1 saturated heterocycles. The zero-order valence-electron chi connectivity index (χ0n) is 7.88. The number of nitrogens with zero attached hydrogens (tertiary/aromatic N) is 1. The van der Waals surface area contributed by atoms with Gasteiger partial charge in [0, 0.05) is 12.5 Å². The third kappa shape index (κ3) is 1.33. The Balaban J connectivity index is 2.40. The Bertz CT molecular complexity index is 362. The van der Waals surface area contributed by atoms with E-state index in [1.54, 1.807) is 0 Å². The predicted octanol–water partition coefficient (Wildman–Crippen LogP) is 0.798. The maximum absolute atomic E-state index is 10.9. The fraction of sp³-hybridized carbons (Fsp3) is 0.556. The van der Waals surface area contributed by atoms with Gasteiger partial charge in [0.2, 0.25) is 0 Å². The lowest BCUT2D eigenvalue weighted by molar-refractivity contribution is -0.133. The lowest BCUT2D eigenvalue weighted by Gasteiger charge is -2.32. The smallest absolute Gasteiger partial charge is 0.408 e. The molecule has 2 atom stereocenters. The van der Waals surface area contributed by atoms with Crippen LogP contribution in [0.2, 0.25) is 0 Å². The van der Waals surface area contributed by atoms with Crippen molar-refractivity contribution >= 4 is 12.1 Å². The van der Waals surface area contributed by atoms with Crippen molar-refractivity contribution in [3.8, 4) is 0 Å². The molecule has 0 saturated carbocycles. The van der Waals surface area contributed by atoms with Crippen LogP contribution < -0.4 is 0 Å². The van der Waals surface area contributed by atoms with E-state index in [1.165, 1.54) is 0 Å². The molecule has 2 aliphatic heterocycles. The van der Waals surface area contributed by atoms with Gasteiger partial charge in [0.1, 0.15) is 5.76 Å². The summed E-state index contributed by atoms with van der Waals surface area (Å²) in [6, 6.07) is -0.950. The van der Waals surface area contributed by atoms with Gasteiger partial charge in [-0.15, -0.1) is 0 Å². The lowest BCUT2D eigenvalue weighted by atomic mass is 10.00. The van der Waals surface area contributed by atoms with E-state index >= 15 is 0 Å². The van der Waals surface area contributed by atoms with Gasteiger partial charge in [-0.2, -0.15) is 0 Å². The second kappa shape index (κ2) is 3.15. The Morgan fingerprint density at radius 3 is 2.47 bits per heavy atom. The highest BCUT2D eigenvalue weighted by Crippen LogP contribution is 2.38. The molecular formula is C9H11NO5. The van der Waals surface area contributed by atoms with E-state index in [0.717, 1.165) is 4.90 Å². The molecule has 1 fully saturated rings. The van der Waals surface area contributed by atoms with Gasteiger partial charge in [-0.05, 0) is 12.8 Å². The number of hydrogen-bond acceptors (Lipinski definition) is 3. The predicted molar refractivity (Wildman–Crippen MR) is 48.6 cm³/mol. The lowest BCUT2D eigenvalue weighted by Crippen LogP contribution is -2.46. The molecule has 0 radical (unpaired) electrons. The molecule has 15 heavy (non-hydrogen) atoms. The number of carbonyl (C=O) groups is 2. The Labute approximate surface area is 85.4 Å². The van der Waals surface area contributed by atoms with Crippen molar-refractivity contribution in [1.82, 2.24) is 4.90 Å². The van der Waals surface area contributed by atoms with Crippen molar-refractivity contribution in [2.75, 3.05) is 0 Å². The number of aliphatic hydroxyl groups is 1. The summed E-state index contributed by atoms with van der Waals surface area (Å²) in [5.41, 5.74) is -0.161. The zero-order chi connectivity index (χ0) is 11.2. The van der Waals surface area contributed by atoms with Crippen LogP contribution in [0, 0.1) is 0 Å². The molecular weight excluding hydrogens is 202 g/mol. The number of aliphatic carboxylic acids is 1. The highest BCUT2D eigenvalue weighted by Gasteiger charge is 2.46. The molecule has 0 aliphatic carbocycles. The monoisotopic (exact) mass is 213 g/mol. The summed E-state index contributed by atoms with van der Waals surface area (Å²) in [5, 5.41) is 27.3. The van der Waals surface area contributed by atoms with Crippen LogP contribution in [-0.2, 0) is 4.79 Å². The third-order valence-corrected chi connectivity index (χ3v) is 3.03. The van der Waals surface area contributed by atoms with Gasteiger partial charge in [-0.25, -0.2) is 9.59 Å². The van der Waals surface area contributed by atoms with Crippen molar-refractivity contribution in [3.05, 3.63) is 11.3 Å². The van der Waals surface area contributed by atoms with Crippen LogP contribution in [0.3, 0.4) is 0 Å². The fourth-order valence-corrected chi connectivity index (χ4v) is 2.45. The zero-order valence-corrected chi connectivity index (χ0v) is 7.88. The Morgan fingerprint density at radius 2 is 1.93 bits per heavy atom. The van der Waals surface area contributed by atoms with Crippen LogP contribution in [0.1, 0.15) is 19.3 Å². The molecule has 2 heterocycles. The molecule has 2 bridgehead atoms. The summed E-state index contributed by atoms with van der Waals surface area (Å²) in [5.74, 6) is -1.41. The fourth-order valence-electron chi connectivity index (χ4n) is 2.45. The van der Waals surface area contributed by atoms with Crippen LogP contribution in [-0.4, -0.2) is 44.4 Å². The first kappa shape index (κ1) is 9.82. The summed E-state index contributed by atoms with van der Waals surface area (Å²) >= 11 is 0. The van der Waals surface area contributed by atoms with E-state index < -0.39 is 18.1 Å². The molecule has 1 unspecified atom stereocenters. The van der Waals surface area contributed by atoms with Crippen LogP contribution >= 0.6 is 0 Å². The van der Waals surface area contributed by atoms with Gasteiger partial charge in [0.25, 0.3) is 0 Å². The molecule has 0 aromatic heterocycles. The minimum absolute atomic E-state index is 0.116. The van der Waals surface area contributed by atoms with Crippen molar-refractivity contribution < 1.29 is 24.9 Å². The van der Waals surface area contributed by atoms with E-state index in [0.29, 0.717) is 12.8 Å². The molecule has 0 spiro atoms. The molecule has 0 aromatic carbocycles. The quantitative estimate of drug-likeness (QED) is 0.598. The van der Waals surface area contributed by atoms with Crippen LogP contribution in [0.5, 0.6) is 0 Å². The van der Waals surface area contributed by atoms with Gasteiger partial charge in [-0.3, -0.25) is 4.90 Å². The molecule has 2 rings (SSSR count). The number of fused-ring (bicyclic) bond motifs is 2. The van der Waals surface area contributed by atoms with Crippen molar-refractivity contribution in [3.63, 3.8) is 0 Å². The highest BCUT2D eigenvalue weighted by molar-refractivity contribution is 5.90. The number of carboxylic acid groups (broad SMARTS) is 2. The molecule has 2 aliphatic rings. The summed E-state index contributed by atoms with van der Waals surface area (Å²) in [4.78, 5) is 22.9. The molecule has 6 heteroatoms. The average Bonchev–Trinajstić information content (AvgIpc) is 2.41. The first-order valence-electron chi connectivity index (χ1n) is 4.69. The molecule has 0 aromatic rings. The van der Waals surface area contributed by atoms with Crippen LogP contribution in [0.15, 0.2) is 11.3 Å². The van der Waals surface area contributed by atoms with Crippen molar-refractivity contribution in [2.45, 2.75) is 31.3 Å². The number of hydrogen-bond donors (Lipinski definition) is 3. The minimum Gasteiger partial charge on any atom is -0.512 e. The maximum atomic E-state index is 10.9. The average molecular weight is 213 g/mol. The van der Waals surface area contributed by atoms with Gasteiger partial charge in [-0.1, -0.05) is 0 Å². The molecule has 1 amide bonds. The van der Waals surface area contributed by atoms with E-state index in [2.05, 4.69) is 0 Å². The van der Waals surface area contributed by atoms with Crippen molar-refractivity contribution in [1.29, 1.82) is 0 Å². The minimum atomic E-state index is -1.23. The highest BCUT2D eigenvalue weighted by atomic mass is 16.4. The normalized spacial score (nSPS) is 29.5. The molecule has 82 valence electrons. The van der Waals surface area contributed by atoms with E-state index in [-0.39, 0.29) is 23.8 Å². The van der Waals surface area contributed by atoms with Gasteiger partial charge < -0.3 is 15.3 Å². The Hall–Kier alpha value is -1.72. The van der Waals surface area contributed by atoms with Crippen LogP contribution in [0.4, 0.5) is 4.79 Å². The van der Waals surface area contributed by atoms with E-state index in [1.807, 2.05) is 0 Å². The summed E-state index contributed by atoms with van der Waals surface area (Å²) < 4.78 is 0. The molecule has 6 nitrogen and oxygen atoms in total. The van der Waals surface area contributed by atoms with E-state index in [9.17, 15) is 14.7 Å². The summed E-state index contributed by atoms with van der Waals surface area (Å²) in [6.07, 6.45) is 0.0824. The van der Waals surface area contributed by atoms with Crippen molar-refractivity contribution in [2.24, 2.45) is 0 Å². The summed E-state index contributed by atoms with van der Waals surface area (Å²) in [6.45, 7) is 0. The Kier molecular flexibility index (Phi) is 2.06. The topological polar surface area (TPSA) is 98.1 Å². The van der Waals surface area contributed by atoms with Gasteiger partial charge >= 0.3 is 12.1 Å². The maximum Gasteiger partial charge on any atom is 0.408 e. The third-order valence-electron chi connectivity index (χ3n) is 3.03. The second-order valence-electron chi connectivity index (χ2n) is 3.81. The number of aliphatic hydroxyl groups excluding tert-OH is 1. The van der Waals surface area contributed by atoms with Gasteiger partial charge in [0.05, 0.1) is 11.6 Å². The number of rotatable bonds is 1. The Morgan fingerprint density at radius 1 is 1.27 bits per heavy atom. The first-order chi connectivity index (χ1) is 7.02. The first-order valence-corrected chi connectivity index (χ1v) is 4.69. The van der Waals surface area contributed by atoms with Crippen LogP contribution in [0.25, 0.3) is 0 Å². The molecule has 3 N–H and O–H groups in total. The number of amides is 1. The SMILES string of the molecule is O=C(O)C1=C(O)C[C@@H]2CCC1N2C(=O)O. The van der Waals surface area contributed by atoms with E-state index in [4.69, 9.17) is 10.2 Å². The standard InChI is InChI=1S/C9H11NO5/c11-6-3-4-1-2-5(7(6)8(12)13)10(4)9(14)15/h4-5,11H,1-3H2,(H,12,13)(H,14,15)/t4-,5?/m0/s1. The second-order valence-corrected chi connectivity index (χ2v) is 3.81. The summed E-state index contributed by atoms with van der Waals surface area (Å²) in [7, 11) is 0. The largest absolute Gasteiger partial charge is 0.512 e. The van der Waals surface area contributed by atoms with Gasteiger partial charge in [0.15, 0.2) is 0 Å².